The van der Waals surface area contributed by atoms with Gasteiger partial charge >= 0.3 is 11.9 Å². The summed E-state index contributed by atoms with van der Waals surface area (Å²) in [6, 6.07) is 3.99. The third-order valence-electron chi connectivity index (χ3n) is 4.51. The predicted octanol–water partition coefficient (Wildman–Crippen LogP) is 0.268. The monoisotopic (exact) mass is 457 g/mol. The van der Waals surface area contributed by atoms with Crippen molar-refractivity contribution in [3.63, 3.8) is 0 Å². The van der Waals surface area contributed by atoms with Crippen molar-refractivity contribution >= 4 is 46.5 Å². The summed E-state index contributed by atoms with van der Waals surface area (Å²) in [7, 11) is 0. The maximum Gasteiger partial charge on any atom is 0.326 e. The number of benzene rings is 1. The maximum atomic E-state index is 12.5. The number of hydrogen-bond donors (Lipinski definition) is 5. The van der Waals surface area contributed by atoms with Crippen molar-refractivity contribution in [1.82, 2.24) is 25.3 Å². The zero-order chi connectivity index (χ0) is 26.6. The Kier molecular flexibility index (Phi) is 5.64. The third kappa shape index (κ3) is 5.78. The van der Waals surface area contributed by atoms with Crippen molar-refractivity contribution in [2.45, 2.75) is 25.4 Å². The zero-order valence-corrected chi connectivity index (χ0v) is 17.1. The molecule has 0 saturated heterocycles. The van der Waals surface area contributed by atoms with Gasteiger partial charge in [0.15, 0.2) is 17.0 Å². The first-order chi connectivity index (χ1) is 16.8. The van der Waals surface area contributed by atoms with E-state index in [1.807, 2.05) is 0 Å². The van der Waals surface area contributed by atoms with Crippen LogP contribution < -0.4 is 21.7 Å². The van der Waals surface area contributed by atoms with Gasteiger partial charge in [-0.3, -0.25) is 9.59 Å². The van der Waals surface area contributed by atoms with E-state index in [9.17, 15) is 19.5 Å². The van der Waals surface area contributed by atoms with E-state index in [1.54, 1.807) is 0 Å². The van der Waals surface area contributed by atoms with Gasteiger partial charge in [0.2, 0.25) is 5.95 Å². The van der Waals surface area contributed by atoms with E-state index in [2.05, 4.69) is 25.3 Å². The number of nitrogens with one attached hydrogen (secondary N) is 1. The van der Waals surface area contributed by atoms with Gasteiger partial charge < -0.3 is 31.9 Å². The number of carboxylic acid groups (broad SMARTS) is 2. The topological polar surface area (TPSA) is 211 Å². The molecule has 0 spiro atoms. The lowest BCUT2D eigenvalue weighted by Gasteiger charge is -2.19. The lowest BCUT2D eigenvalue weighted by Crippen LogP contribution is -2.41. The molecule has 2 heterocycles. The molecule has 0 radical (unpaired) electrons. The molecule has 0 unspecified atom stereocenters. The van der Waals surface area contributed by atoms with Crippen molar-refractivity contribution in [1.29, 1.82) is 0 Å². The molecule has 0 bridgehead atoms. The quantitative estimate of drug-likeness (QED) is 0.293. The van der Waals surface area contributed by atoms with E-state index in [0.717, 1.165) is 4.90 Å². The van der Waals surface area contributed by atoms with Gasteiger partial charge in [-0.05, 0) is 30.7 Å². The summed E-state index contributed by atoms with van der Waals surface area (Å²) in [4.78, 5) is 51.7. The van der Waals surface area contributed by atoms with Crippen LogP contribution in [0.5, 0.6) is 0 Å². The average molecular weight is 457 g/mol. The largest absolute Gasteiger partial charge is 0.481 e. The van der Waals surface area contributed by atoms with Crippen LogP contribution in [0.15, 0.2) is 30.5 Å². The van der Waals surface area contributed by atoms with E-state index in [1.165, 1.54) is 30.5 Å². The van der Waals surface area contributed by atoms with Gasteiger partial charge in [-0.15, -0.1) is 0 Å². The molecule has 0 aliphatic heterocycles. The van der Waals surface area contributed by atoms with Crippen molar-refractivity contribution in [3.8, 4) is 0 Å². The van der Waals surface area contributed by atoms with Crippen LogP contribution >= 0.6 is 0 Å². The zero-order valence-electron chi connectivity index (χ0n) is 20.1. The molecule has 3 aromatic rings. The second-order valence-electron chi connectivity index (χ2n) is 6.93. The summed E-state index contributed by atoms with van der Waals surface area (Å²) in [6.07, 6.45) is 0.598. The maximum absolute atomic E-state index is 12.5. The van der Waals surface area contributed by atoms with E-state index in [4.69, 9.17) is 20.7 Å². The lowest BCUT2D eigenvalue weighted by molar-refractivity contribution is -0.140. The van der Waals surface area contributed by atoms with Crippen LogP contribution in [-0.2, 0) is 16.1 Å². The Hall–Kier alpha value is -4.55. The fourth-order valence-corrected chi connectivity index (χ4v) is 2.87. The van der Waals surface area contributed by atoms with Crippen molar-refractivity contribution in [2.75, 3.05) is 23.3 Å². The molecule has 33 heavy (non-hydrogen) atoms. The van der Waals surface area contributed by atoms with Gasteiger partial charge in [-0.1, -0.05) is 0 Å². The summed E-state index contributed by atoms with van der Waals surface area (Å²) in [5.74, 6) is -3.41. The number of fused-ring (bicyclic) bond motifs is 1. The molecule has 172 valence electrons. The van der Waals surface area contributed by atoms with Crippen LogP contribution in [0, 0.1) is 0 Å². The van der Waals surface area contributed by atoms with E-state index < -0.39 is 37.3 Å². The minimum Gasteiger partial charge on any atom is -0.481 e. The van der Waals surface area contributed by atoms with Crippen LogP contribution in [0.3, 0.4) is 0 Å². The van der Waals surface area contributed by atoms with Crippen LogP contribution in [0.2, 0.25) is 0 Å². The molecule has 13 nitrogen and oxygen atoms in total. The molecule has 7 N–H and O–H groups in total. The SMILES string of the molecule is [2H]C([2H])([2H])N(Cc1cnc2nc(N)nc(N)c2n1)c1ccc(C(=O)N[C@H](CCC(=O)O)C(=O)O)cc1. The number of nitrogens with zero attached hydrogens (tertiary/aromatic N) is 5. The highest BCUT2D eigenvalue weighted by atomic mass is 16.4. The minimum absolute atomic E-state index is 0.00864. The molecular weight excluding hydrogens is 432 g/mol. The first kappa shape index (κ1) is 19.2. The molecule has 0 saturated carbocycles. The second kappa shape index (κ2) is 9.72. The number of nitrogens with two attached hydrogens (primary N) is 2. The van der Waals surface area contributed by atoms with E-state index in [0.29, 0.717) is 0 Å². The van der Waals surface area contributed by atoms with E-state index in [-0.39, 0.29) is 52.8 Å². The smallest absolute Gasteiger partial charge is 0.326 e. The number of carbonyl (C=O) groups excluding carboxylic acids is 1. The highest BCUT2D eigenvalue weighted by Gasteiger charge is 2.21. The molecule has 0 aliphatic carbocycles. The third-order valence-corrected chi connectivity index (χ3v) is 4.51. The highest BCUT2D eigenvalue weighted by Crippen LogP contribution is 2.19. The molecule has 1 atom stereocenters. The number of nitrogen functional groups attached to an aromatic ring is 2. The van der Waals surface area contributed by atoms with Crippen molar-refractivity contribution < 1.29 is 28.7 Å². The number of aromatic nitrogens is 4. The summed E-state index contributed by atoms with van der Waals surface area (Å²) < 4.78 is 23.8. The second-order valence-corrected chi connectivity index (χ2v) is 6.93. The van der Waals surface area contributed by atoms with E-state index >= 15 is 0 Å². The normalized spacial score (nSPS) is 13.4. The number of rotatable bonds is 9. The first-order valence-corrected chi connectivity index (χ1v) is 9.53. The fraction of sp³-hybridized carbons (Fsp3) is 0.250. The average Bonchev–Trinajstić information content (AvgIpc) is 2.79. The van der Waals surface area contributed by atoms with Crippen molar-refractivity contribution in [2.24, 2.45) is 0 Å². The molecule has 0 aliphatic rings. The predicted molar refractivity (Wildman–Crippen MR) is 118 cm³/mol. The first-order valence-electron chi connectivity index (χ1n) is 11.0. The molecule has 13 heteroatoms. The summed E-state index contributed by atoms with van der Waals surface area (Å²) in [6.45, 7) is -2.81. The fourth-order valence-electron chi connectivity index (χ4n) is 2.87. The Morgan fingerprint density at radius 2 is 1.88 bits per heavy atom. The molecule has 0 fully saturated rings. The molecular formula is C20H22N8O5. The number of carboxylic acids is 2. The number of hydrogen-bond acceptors (Lipinski definition) is 10. The van der Waals surface area contributed by atoms with Gasteiger partial charge in [0, 0.05) is 28.8 Å². The number of carbonyl (C=O) groups is 3. The Morgan fingerprint density at radius 1 is 1.15 bits per heavy atom. The minimum atomic E-state index is -2.60. The van der Waals surface area contributed by atoms with Gasteiger partial charge in [0.1, 0.15) is 6.04 Å². The highest BCUT2D eigenvalue weighted by molar-refractivity contribution is 5.97. The molecule has 2 aromatic heterocycles. The van der Waals surface area contributed by atoms with Crippen LogP contribution in [0.25, 0.3) is 11.2 Å². The van der Waals surface area contributed by atoms with Gasteiger partial charge in [-0.2, -0.15) is 9.97 Å². The summed E-state index contributed by atoms with van der Waals surface area (Å²) in [5.41, 5.74) is 12.2. The molecule has 3 rings (SSSR count). The van der Waals surface area contributed by atoms with Crippen molar-refractivity contribution in [3.05, 3.63) is 41.7 Å². The van der Waals surface area contributed by atoms with Crippen LogP contribution in [-0.4, -0.2) is 61.0 Å². The summed E-state index contributed by atoms with van der Waals surface area (Å²) >= 11 is 0. The Balaban J connectivity index is 1.81. The number of amides is 1. The van der Waals surface area contributed by atoms with Gasteiger partial charge in [-0.25, -0.2) is 14.8 Å². The van der Waals surface area contributed by atoms with Crippen LogP contribution in [0.4, 0.5) is 17.5 Å². The molecule has 1 amide bonds. The van der Waals surface area contributed by atoms with Crippen LogP contribution in [0.1, 0.15) is 33.0 Å². The number of anilines is 3. The standard InChI is InChI=1S/C20H22N8O5/c1-28(9-11-8-23-17-15(24-11)16(21)26-20(22)27-17)12-4-2-10(3-5-12)18(31)25-13(19(32)33)6-7-14(29)30/h2-5,8,13H,6-7,9H2,1H3,(H,25,31)(H,29,30)(H,32,33)(H4,21,22,23,26,27)/t13-/m1/s1/i1D3. The Labute approximate surface area is 191 Å². The van der Waals surface area contributed by atoms with Gasteiger partial charge in [0.25, 0.3) is 5.91 Å². The number of aliphatic carboxylic acids is 2. The van der Waals surface area contributed by atoms with Gasteiger partial charge in [0.05, 0.1) is 18.4 Å². The summed E-state index contributed by atoms with van der Waals surface area (Å²) in [5, 5.41) is 20.2. The Bertz CT molecular complexity index is 1300. The molecule has 1 aromatic carbocycles. The lowest BCUT2D eigenvalue weighted by atomic mass is 10.1. The Morgan fingerprint density at radius 3 is 2.52 bits per heavy atom.